The van der Waals surface area contributed by atoms with Crippen LogP contribution in [0.25, 0.3) is 10.1 Å². The molecular formula is C17H18O5S. The summed E-state index contributed by atoms with van der Waals surface area (Å²) in [6.45, 7) is 4.65. The molecule has 1 fully saturated rings. The van der Waals surface area contributed by atoms with Crippen LogP contribution in [-0.2, 0) is 20.7 Å². The van der Waals surface area contributed by atoms with Crippen LogP contribution in [0, 0.1) is 0 Å². The van der Waals surface area contributed by atoms with Gasteiger partial charge in [-0.3, -0.25) is 9.59 Å². The molecule has 1 aromatic heterocycles. The van der Waals surface area contributed by atoms with E-state index in [1.54, 1.807) is 6.07 Å². The third kappa shape index (κ3) is 3.15. The number of ether oxygens (including phenoxy) is 3. The Morgan fingerprint density at radius 1 is 1.30 bits per heavy atom. The lowest BCUT2D eigenvalue weighted by molar-refractivity contribution is -0.113. The van der Waals surface area contributed by atoms with E-state index >= 15 is 0 Å². The minimum absolute atomic E-state index is 0.254. The molecule has 23 heavy (non-hydrogen) atoms. The van der Waals surface area contributed by atoms with Gasteiger partial charge in [0.1, 0.15) is 12.4 Å². The number of aryl methyl sites for hydroxylation is 1. The van der Waals surface area contributed by atoms with Crippen molar-refractivity contribution in [2.45, 2.75) is 26.6 Å². The molecule has 6 heteroatoms. The second-order valence-electron chi connectivity index (χ2n) is 5.25. The highest BCUT2D eigenvalue weighted by atomic mass is 32.1. The van der Waals surface area contributed by atoms with Crippen LogP contribution in [0.3, 0.4) is 0 Å². The molecule has 0 spiro atoms. The fourth-order valence-corrected chi connectivity index (χ4v) is 3.77. The summed E-state index contributed by atoms with van der Waals surface area (Å²) in [6, 6.07) is 5.62. The van der Waals surface area contributed by atoms with Crippen molar-refractivity contribution in [2.24, 2.45) is 0 Å². The summed E-state index contributed by atoms with van der Waals surface area (Å²) >= 11 is 1.53. The van der Waals surface area contributed by atoms with Gasteiger partial charge in [-0.05, 0) is 18.6 Å². The van der Waals surface area contributed by atoms with Gasteiger partial charge in [-0.2, -0.15) is 0 Å². The number of fused-ring (bicyclic) bond motifs is 1. The van der Waals surface area contributed by atoms with Gasteiger partial charge >= 0.3 is 0 Å². The molecule has 1 aliphatic rings. The molecule has 0 N–H and O–H groups in total. The summed E-state index contributed by atoms with van der Waals surface area (Å²) < 4.78 is 17.5. The van der Waals surface area contributed by atoms with Gasteiger partial charge in [0.05, 0.1) is 18.8 Å². The average Bonchev–Trinajstić information content (AvgIpc) is 3.19. The second-order valence-corrected chi connectivity index (χ2v) is 6.39. The maximum Gasteiger partial charge on any atom is 0.230 e. The number of carbonyl (C=O) groups is 2. The standard InChI is InChI=1S/C17H18O5S/c1-3-12-16(17(19)10(2)18)15-11(5-4-6-13(15)23-12)22-9-14-20-7-8-21-14/h4-6,14H,3,7-9H2,1-2H3. The van der Waals surface area contributed by atoms with E-state index in [9.17, 15) is 9.59 Å². The van der Waals surface area contributed by atoms with Gasteiger partial charge in [-0.1, -0.05) is 13.0 Å². The molecule has 0 aliphatic carbocycles. The Labute approximate surface area is 138 Å². The first-order chi connectivity index (χ1) is 11.1. The van der Waals surface area contributed by atoms with Crippen LogP contribution < -0.4 is 4.74 Å². The van der Waals surface area contributed by atoms with Crippen molar-refractivity contribution in [3.63, 3.8) is 0 Å². The van der Waals surface area contributed by atoms with Crippen LogP contribution in [0.5, 0.6) is 5.75 Å². The van der Waals surface area contributed by atoms with Gasteiger partial charge in [-0.15, -0.1) is 11.3 Å². The van der Waals surface area contributed by atoms with E-state index < -0.39 is 11.6 Å². The second kappa shape index (κ2) is 6.78. The van der Waals surface area contributed by atoms with Gasteiger partial charge in [0, 0.05) is 21.9 Å². The van der Waals surface area contributed by atoms with Gasteiger partial charge in [0.2, 0.25) is 5.78 Å². The van der Waals surface area contributed by atoms with Crippen molar-refractivity contribution in [1.82, 2.24) is 0 Å². The first-order valence-electron chi connectivity index (χ1n) is 7.57. The summed E-state index contributed by atoms with van der Waals surface area (Å²) in [5.74, 6) is -0.337. The average molecular weight is 334 g/mol. The number of hydrogen-bond acceptors (Lipinski definition) is 6. The third-order valence-corrected chi connectivity index (χ3v) is 4.98. The fraction of sp³-hybridized carbons (Fsp3) is 0.412. The minimum Gasteiger partial charge on any atom is -0.488 e. The maximum absolute atomic E-state index is 12.4. The largest absolute Gasteiger partial charge is 0.488 e. The van der Waals surface area contributed by atoms with Gasteiger partial charge < -0.3 is 14.2 Å². The Morgan fingerprint density at radius 3 is 2.70 bits per heavy atom. The quantitative estimate of drug-likeness (QED) is 0.600. The van der Waals surface area contributed by atoms with Crippen molar-refractivity contribution >= 4 is 33.0 Å². The normalized spacial score (nSPS) is 15.2. The molecule has 3 rings (SSSR count). The number of ketones is 2. The highest BCUT2D eigenvalue weighted by molar-refractivity contribution is 7.19. The van der Waals surface area contributed by atoms with Crippen molar-refractivity contribution in [2.75, 3.05) is 19.8 Å². The van der Waals surface area contributed by atoms with E-state index in [1.807, 2.05) is 19.1 Å². The molecule has 1 aromatic carbocycles. The van der Waals surface area contributed by atoms with Crippen LogP contribution in [0.2, 0.25) is 0 Å². The molecule has 0 atom stereocenters. The van der Waals surface area contributed by atoms with Crippen LogP contribution in [-0.4, -0.2) is 37.7 Å². The van der Waals surface area contributed by atoms with E-state index in [0.29, 0.717) is 36.3 Å². The molecule has 1 saturated heterocycles. The van der Waals surface area contributed by atoms with Crippen molar-refractivity contribution in [1.29, 1.82) is 0 Å². The molecule has 0 unspecified atom stereocenters. The zero-order valence-electron chi connectivity index (χ0n) is 13.1. The minimum atomic E-state index is -0.461. The van der Waals surface area contributed by atoms with Crippen LogP contribution in [0.15, 0.2) is 18.2 Å². The first kappa shape index (κ1) is 16.1. The van der Waals surface area contributed by atoms with Crippen LogP contribution in [0.1, 0.15) is 29.1 Å². The number of rotatable bonds is 6. The molecule has 5 nitrogen and oxygen atoms in total. The molecular weight excluding hydrogens is 316 g/mol. The Kier molecular flexibility index (Phi) is 4.75. The van der Waals surface area contributed by atoms with Gasteiger partial charge in [-0.25, -0.2) is 0 Å². The lowest BCUT2D eigenvalue weighted by atomic mass is 10.0. The molecule has 0 saturated carbocycles. The first-order valence-corrected chi connectivity index (χ1v) is 8.39. The predicted octanol–water partition coefficient (Wildman–Crippen LogP) is 2.99. The smallest absolute Gasteiger partial charge is 0.230 e. The molecule has 0 radical (unpaired) electrons. The summed E-state index contributed by atoms with van der Waals surface area (Å²) in [7, 11) is 0. The maximum atomic E-state index is 12.4. The molecule has 122 valence electrons. The van der Waals surface area contributed by atoms with Crippen LogP contribution >= 0.6 is 11.3 Å². The number of carbonyl (C=O) groups excluding carboxylic acids is 2. The number of benzene rings is 1. The molecule has 0 bridgehead atoms. The van der Waals surface area contributed by atoms with E-state index in [2.05, 4.69) is 0 Å². The molecule has 1 aliphatic heterocycles. The Balaban J connectivity index is 2.01. The summed E-state index contributed by atoms with van der Waals surface area (Å²) in [4.78, 5) is 24.9. The van der Waals surface area contributed by atoms with Gasteiger partial charge in [0.25, 0.3) is 0 Å². The fourth-order valence-electron chi connectivity index (χ4n) is 2.61. The zero-order valence-corrected chi connectivity index (χ0v) is 13.9. The summed E-state index contributed by atoms with van der Waals surface area (Å²) in [5.41, 5.74) is 0.476. The summed E-state index contributed by atoms with van der Waals surface area (Å²) in [6.07, 6.45) is 0.309. The lowest BCUT2D eigenvalue weighted by Crippen LogP contribution is -2.18. The Bertz CT molecular complexity index is 743. The van der Waals surface area contributed by atoms with E-state index in [0.717, 1.165) is 9.58 Å². The molecule has 2 aromatic rings. The molecule has 2 heterocycles. The number of thiophene rings is 1. The molecule has 0 amide bonds. The Hall–Kier alpha value is -1.76. The van der Waals surface area contributed by atoms with Crippen molar-refractivity contribution in [3.05, 3.63) is 28.6 Å². The number of Topliss-reactive ketones (excluding diaryl/α,β-unsaturated/α-hetero) is 2. The monoisotopic (exact) mass is 334 g/mol. The van der Waals surface area contributed by atoms with E-state index in [4.69, 9.17) is 14.2 Å². The topological polar surface area (TPSA) is 61.8 Å². The zero-order chi connectivity index (χ0) is 16.4. The van der Waals surface area contributed by atoms with E-state index in [1.165, 1.54) is 18.3 Å². The SMILES string of the molecule is CCc1sc2cccc(OCC3OCCO3)c2c1C(=O)C(C)=O. The van der Waals surface area contributed by atoms with Gasteiger partial charge in [0.15, 0.2) is 12.1 Å². The highest BCUT2D eigenvalue weighted by Crippen LogP contribution is 2.38. The highest BCUT2D eigenvalue weighted by Gasteiger charge is 2.24. The Morgan fingerprint density at radius 2 is 2.04 bits per heavy atom. The summed E-state index contributed by atoms with van der Waals surface area (Å²) in [5, 5.41) is 0.715. The third-order valence-electron chi connectivity index (χ3n) is 3.68. The number of hydrogen-bond donors (Lipinski definition) is 0. The lowest BCUT2D eigenvalue weighted by Gasteiger charge is -2.12. The van der Waals surface area contributed by atoms with Crippen LogP contribution in [0.4, 0.5) is 0 Å². The van der Waals surface area contributed by atoms with Crippen molar-refractivity contribution in [3.8, 4) is 5.75 Å². The predicted molar refractivity (Wildman–Crippen MR) is 87.4 cm³/mol. The van der Waals surface area contributed by atoms with E-state index in [-0.39, 0.29) is 12.9 Å². The van der Waals surface area contributed by atoms with Crippen molar-refractivity contribution < 1.29 is 23.8 Å².